The van der Waals surface area contributed by atoms with Crippen molar-refractivity contribution in [3.05, 3.63) is 65.2 Å². The number of rotatable bonds is 7. The van der Waals surface area contributed by atoms with Crippen LogP contribution in [-0.2, 0) is 32.6 Å². The summed E-state index contributed by atoms with van der Waals surface area (Å²) in [6.07, 6.45) is 0.637. The minimum Gasteiger partial charge on any atom is -0.379 e. The second-order valence-electron chi connectivity index (χ2n) is 8.68. The number of sulfonamides is 1. The second-order valence-corrected chi connectivity index (χ2v) is 10.6. The molecule has 2 aromatic rings. The van der Waals surface area contributed by atoms with Gasteiger partial charge in [-0.15, -0.1) is 0 Å². The van der Waals surface area contributed by atoms with E-state index in [1.54, 1.807) is 0 Å². The molecule has 0 bridgehead atoms. The molecule has 0 saturated carbocycles. The van der Waals surface area contributed by atoms with Gasteiger partial charge in [0.15, 0.2) is 0 Å². The lowest BCUT2D eigenvalue weighted by Crippen LogP contribution is -2.43. The van der Waals surface area contributed by atoms with E-state index in [9.17, 15) is 22.0 Å². The molecule has 1 amide bonds. The van der Waals surface area contributed by atoms with E-state index >= 15 is 0 Å². The highest BCUT2D eigenvalue weighted by atomic mass is 32.2. The van der Waals surface area contributed by atoms with E-state index in [1.807, 2.05) is 12.1 Å². The van der Waals surface area contributed by atoms with Gasteiger partial charge in [-0.1, -0.05) is 24.3 Å². The lowest BCUT2D eigenvalue weighted by atomic mass is 9.97. The minimum absolute atomic E-state index is 0.0748. The van der Waals surface area contributed by atoms with Crippen molar-refractivity contribution >= 4 is 15.9 Å². The molecule has 2 aromatic carbocycles. The molecule has 0 atom stereocenters. The minimum atomic E-state index is -4.16. The molecule has 0 spiro atoms. The standard InChI is InChI=1S/C24H29F2N3O4S/c25-21-4-5-22(26)23(15-21)34(31,32)29-8-6-20(7-9-29)24(30)27-16-18-2-1-3-19(14-18)17-28-10-12-33-13-11-28/h1-5,14-15,20H,6-13,16-17H2,(H,27,30). The fourth-order valence-corrected chi connectivity index (χ4v) is 5.91. The Hall–Kier alpha value is -2.40. The number of carbonyl (C=O) groups excluding carboxylic acids is 1. The zero-order valence-electron chi connectivity index (χ0n) is 18.9. The number of hydrogen-bond acceptors (Lipinski definition) is 5. The normalized spacial score (nSPS) is 18.6. The molecule has 2 saturated heterocycles. The lowest BCUT2D eigenvalue weighted by molar-refractivity contribution is -0.126. The SMILES string of the molecule is O=C(NCc1cccc(CN2CCOCC2)c1)C1CCN(S(=O)(=O)c2cc(F)ccc2F)CC1. The van der Waals surface area contributed by atoms with Crippen molar-refractivity contribution in [1.29, 1.82) is 0 Å². The first-order valence-corrected chi connectivity index (χ1v) is 12.9. The van der Waals surface area contributed by atoms with Gasteiger partial charge >= 0.3 is 0 Å². The van der Waals surface area contributed by atoms with Gasteiger partial charge in [0.1, 0.15) is 16.5 Å². The fourth-order valence-electron chi connectivity index (χ4n) is 4.36. The first-order chi connectivity index (χ1) is 16.3. The Morgan fingerprint density at radius 2 is 1.71 bits per heavy atom. The summed E-state index contributed by atoms with van der Waals surface area (Å²) in [7, 11) is -4.16. The maximum Gasteiger partial charge on any atom is 0.246 e. The van der Waals surface area contributed by atoms with E-state index in [4.69, 9.17) is 4.74 Å². The van der Waals surface area contributed by atoms with Crippen LogP contribution in [0.5, 0.6) is 0 Å². The highest BCUT2D eigenvalue weighted by Crippen LogP contribution is 2.26. The summed E-state index contributed by atoms with van der Waals surface area (Å²) in [4.78, 5) is 14.3. The van der Waals surface area contributed by atoms with Crippen molar-refractivity contribution in [2.24, 2.45) is 5.92 Å². The molecule has 34 heavy (non-hydrogen) atoms. The highest BCUT2D eigenvalue weighted by Gasteiger charge is 2.33. The van der Waals surface area contributed by atoms with Gasteiger partial charge < -0.3 is 10.1 Å². The van der Waals surface area contributed by atoms with Crippen LogP contribution in [0.4, 0.5) is 8.78 Å². The van der Waals surface area contributed by atoms with Crippen LogP contribution in [0.1, 0.15) is 24.0 Å². The van der Waals surface area contributed by atoms with Crippen LogP contribution in [-0.4, -0.2) is 62.9 Å². The van der Waals surface area contributed by atoms with Gasteiger partial charge in [-0.2, -0.15) is 4.31 Å². The Labute approximate surface area is 198 Å². The number of ether oxygens (including phenoxy) is 1. The Kier molecular flexibility index (Phi) is 7.92. The van der Waals surface area contributed by atoms with Crippen LogP contribution in [0.25, 0.3) is 0 Å². The zero-order chi connectivity index (χ0) is 24.1. The predicted octanol–water partition coefficient (Wildman–Crippen LogP) is 2.51. The summed E-state index contributed by atoms with van der Waals surface area (Å²) in [5, 5.41) is 2.95. The van der Waals surface area contributed by atoms with Crippen molar-refractivity contribution in [3.63, 3.8) is 0 Å². The lowest BCUT2D eigenvalue weighted by Gasteiger charge is -2.30. The van der Waals surface area contributed by atoms with E-state index in [-0.39, 0.29) is 24.9 Å². The molecular weight excluding hydrogens is 464 g/mol. The molecule has 2 fully saturated rings. The van der Waals surface area contributed by atoms with E-state index in [0.717, 1.165) is 54.8 Å². The molecule has 0 aliphatic carbocycles. The molecule has 7 nitrogen and oxygen atoms in total. The molecule has 0 aromatic heterocycles. The van der Waals surface area contributed by atoms with Crippen LogP contribution >= 0.6 is 0 Å². The number of benzene rings is 2. The van der Waals surface area contributed by atoms with Crippen LogP contribution in [0, 0.1) is 17.6 Å². The topological polar surface area (TPSA) is 79.0 Å². The summed E-state index contributed by atoms with van der Waals surface area (Å²) in [6, 6.07) is 10.5. The third-order valence-electron chi connectivity index (χ3n) is 6.30. The van der Waals surface area contributed by atoms with Crippen molar-refractivity contribution in [1.82, 2.24) is 14.5 Å². The molecular formula is C24H29F2N3O4S. The zero-order valence-corrected chi connectivity index (χ0v) is 19.7. The van der Waals surface area contributed by atoms with E-state index in [2.05, 4.69) is 22.3 Å². The maximum absolute atomic E-state index is 14.0. The molecule has 10 heteroatoms. The number of amides is 1. The predicted molar refractivity (Wildman–Crippen MR) is 122 cm³/mol. The third-order valence-corrected chi connectivity index (χ3v) is 8.22. The summed E-state index contributed by atoms with van der Waals surface area (Å²) in [5.41, 5.74) is 2.18. The van der Waals surface area contributed by atoms with Crippen molar-refractivity contribution in [2.75, 3.05) is 39.4 Å². The first-order valence-electron chi connectivity index (χ1n) is 11.4. The van der Waals surface area contributed by atoms with E-state index in [0.29, 0.717) is 25.5 Å². The molecule has 0 radical (unpaired) electrons. The highest BCUT2D eigenvalue weighted by molar-refractivity contribution is 7.89. The number of halogens is 2. The fraction of sp³-hybridized carbons (Fsp3) is 0.458. The van der Waals surface area contributed by atoms with Gasteiger partial charge in [0.25, 0.3) is 0 Å². The van der Waals surface area contributed by atoms with Crippen molar-refractivity contribution in [3.8, 4) is 0 Å². The monoisotopic (exact) mass is 493 g/mol. The average molecular weight is 494 g/mol. The summed E-state index contributed by atoms with van der Waals surface area (Å²) in [6.45, 7) is 4.67. The van der Waals surface area contributed by atoms with Crippen molar-refractivity contribution < 1.29 is 26.7 Å². The summed E-state index contributed by atoms with van der Waals surface area (Å²) < 4.78 is 59.4. The van der Waals surface area contributed by atoms with Gasteiger partial charge in [0.05, 0.1) is 13.2 Å². The molecule has 2 aliphatic heterocycles. The number of morpholine rings is 1. The Morgan fingerprint density at radius 3 is 2.44 bits per heavy atom. The number of nitrogens with zero attached hydrogens (tertiary/aromatic N) is 2. The largest absolute Gasteiger partial charge is 0.379 e. The van der Waals surface area contributed by atoms with Gasteiger partial charge in [0, 0.05) is 45.2 Å². The van der Waals surface area contributed by atoms with Gasteiger partial charge in [0.2, 0.25) is 15.9 Å². The summed E-state index contributed by atoms with van der Waals surface area (Å²) in [5.74, 6) is -2.27. The number of piperidine rings is 1. The molecule has 0 unspecified atom stereocenters. The average Bonchev–Trinajstić information content (AvgIpc) is 2.85. The van der Waals surface area contributed by atoms with Crippen LogP contribution < -0.4 is 5.32 Å². The molecule has 2 aliphatic rings. The Balaban J connectivity index is 1.29. The van der Waals surface area contributed by atoms with Crippen LogP contribution in [0.15, 0.2) is 47.4 Å². The quantitative estimate of drug-likeness (QED) is 0.641. The molecule has 184 valence electrons. The van der Waals surface area contributed by atoms with E-state index < -0.39 is 26.6 Å². The van der Waals surface area contributed by atoms with Gasteiger partial charge in [-0.25, -0.2) is 17.2 Å². The number of carbonyl (C=O) groups is 1. The van der Waals surface area contributed by atoms with Crippen LogP contribution in [0.3, 0.4) is 0 Å². The van der Waals surface area contributed by atoms with Gasteiger partial charge in [-0.05, 0) is 42.2 Å². The Bertz CT molecular complexity index is 1110. The van der Waals surface area contributed by atoms with Gasteiger partial charge in [-0.3, -0.25) is 9.69 Å². The van der Waals surface area contributed by atoms with Crippen LogP contribution in [0.2, 0.25) is 0 Å². The maximum atomic E-state index is 14.0. The van der Waals surface area contributed by atoms with Crippen molar-refractivity contribution in [2.45, 2.75) is 30.8 Å². The summed E-state index contributed by atoms with van der Waals surface area (Å²) >= 11 is 0. The molecule has 4 rings (SSSR count). The Morgan fingerprint density at radius 1 is 1.00 bits per heavy atom. The molecule has 1 N–H and O–H groups in total. The second kappa shape index (κ2) is 10.9. The first kappa shape index (κ1) is 24.7. The number of nitrogens with one attached hydrogen (secondary N) is 1. The molecule has 2 heterocycles. The third kappa shape index (κ3) is 5.99. The smallest absolute Gasteiger partial charge is 0.246 e. The number of hydrogen-bond donors (Lipinski definition) is 1. The van der Waals surface area contributed by atoms with E-state index in [1.165, 1.54) is 5.56 Å².